The molecule has 3 rings (SSSR count). The van der Waals surface area contributed by atoms with Gasteiger partial charge in [-0.15, -0.1) is 0 Å². The van der Waals surface area contributed by atoms with Gasteiger partial charge >= 0.3 is 6.09 Å². The van der Waals surface area contributed by atoms with Crippen molar-refractivity contribution in [2.24, 2.45) is 11.8 Å². The van der Waals surface area contributed by atoms with E-state index in [2.05, 4.69) is 52.0 Å². The predicted octanol–water partition coefficient (Wildman–Crippen LogP) is 6.93. The quantitative estimate of drug-likeness (QED) is 0.161. The van der Waals surface area contributed by atoms with Crippen molar-refractivity contribution in [1.29, 1.82) is 0 Å². The molecule has 2 aromatic heterocycles. The van der Waals surface area contributed by atoms with Gasteiger partial charge in [0.05, 0.1) is 18.9 Å². The van der Waals surface area contributed by atoms with Crippen molar-refractivity contribution in [1.82, 2.24) is 14.1 Å². The molecule has 0 radical (unpaired) electrons. The largest absolute Gasteiger partial charge is 0.494 e. The first-order valence-corrected chi connectivity index (χ1v) is 18.4. The summed E-state index contributed by atoms with van der Waals surface area (Å²) < 4.78 is 36.3. The van der Waals surface area contributed by atoms with Crippen LogP contribution < -0.4 is 4.74 Å². The molecule has 0 aromatic carbocycles. The van der Waals surface area contributed by atoms with Crippen LogP contribution in [-0.4, -0.2) is 67.4 Å². The summed E-state index contributed by atoms with van der Waals surface area (Å²) in [6, 6.07) is 2.04. The molecule has 0 spiro atoms. The Morgan fingerprint density at radius 3 is 2.12 bits per heavy atom. The highest BCUT2D eigenvalue weighted by atomic mass is 32.2. The number of amides is 1. The fourth-order valence-corrected chi connectivity index (χ4v) is 14.2. The van der Waals surface area contributed by atoms with Crippen molar-refractivity contribution in [3.05, 3.63) is 24.0 Å². The Morgan fingerprint density at radius 2 is 1.64 bits per heavy atom. The number of rotatable bonds is 10. The zero-order chi connectivity index (χ0) is 31.6. The lowest BCUT2D eigenvalue weighted by Crippen LogP contribution is -2.51. The number of carbonyl (C=O) groups excluding carboxylic acids is 2. The second-order valence-corrected chi connectivity index (χ2v) is 20.0. The predicted molar refractivity (Wildman–Crippen MR) is 170 cm³/mol. The van der Waals surface area contributed by atoms with Crippen LogP contribution in [0, 0.1) is 11.8 Å². The molecule has 2 heterocycles. The molecule has 2 aromatic rings. The van der Waals surface area contributed by atoms with Gasteiger partial charge in [0.25, 0.3) is 0 Å². The summed E-state index contributed by atoms with van der Waals surface area (Å²) in [5.74, 6) is 0.398. The number of hydrogen-bond donors (Lipinski definition) is 0. The maximum Gasteiger partial charge on any atom is 0.415 e. The summed E-state index contributed by atoms with van der Waals surface area (Å²) in [7, 11) is -3.06. The number of pyridine rings is 1. The summed E-state index contributed by atoms with van der Waals surface area (Å²) in [4.78, 5) is 32.7. The fourth-order valence-electron chi connectivity index (χ4n) is 7.30. The average Bonchev–Trinajstić information content (AvgIpc) is 3.30. The number of ether oxygens (including phenoxy) is 2. The maximum atomic E-state index is 14.1. The average molecular weight is 620 g/mol. The van der Waals surface area contributed by atoms with Crippen LogP contribution in [0.2, 0.25) is 16.6 Å². The third-order valence-corrected chi connectivity index (χ3v) is 16.0. The molecule has 0 N–H and O–H groups in total. The summed E-state index contributed by atoms with van der Waals surface area (Å²) >= 11 is 0. The third-order valence-electron chi connectivity index (χ3n) is 8.85. The van der Waals surface area contributed by atoms with E-state index in [1.807, 2.05) is 6.07 Å². The van der Waals surface area contributed by atoms with Gasteiger partial charge in [0.1, 0.15) is 22.5 Å². The number of aromatic nitrogens is 2. The number of ketones is 1. The highest BCUT2D eigenvalue weighted by Crippen LogP contribution is 2.45. The zero-order valence-electron chi connectivity index (χ0n) is 26.9. The number of carbonyl (C=O) groups is 2. The molecule has 0 aliphatic heterocycles. The summed E-state index contributed by atoms with van der Waals surface area (Å²) in [5, 5.41) is 0.837. The minimum atomic E-state index is -2.54. The van der Waals surface area contributed by atoms with Crippen LogP contribution in [0.25, 0.3) is 11.0 Å². The van der Waals surface area contributed by atoms with Crippen molar-refractivity contribution in [2.75, 3.05) is 13.7 Å². The van der Waals surface area contributed by atoms with E-state index in [1.54, 1.807) is 34.1 Å². The number of hydrogen-bond acceptors (Lipinski definition) is 7. The third kappa shape index (κ3) is 6.93. The standard InChI is InChI=1S/C31H49N3O6SSi/c1-20(2)42(21(3)4,22(5)6)34-16-15-25-27(26(39-10)17-32-29(25)34)28(35)24-13-11-23(12-14-24)18-33(19-41(37)38)30(36)40-31(7,8)9/h15-17,19-24H,11-14,18H2,1-10H3. The first-order chi connectivity index (χ1) is 19.5. The lowest BCUT2D eigenvalue weighted by molar-refractivity contribution is 0.0346. The Morgan fingerprint density at radius 1 is 1.07 bits per heavy atom. The van der Waals surface area contributed by atoms with Gasteiger partial charge in [-0.3, -0.25) is 9.69 Å². The van der Waals surface area contributed by atoms with E-state index < -0.39 is 30.2 Å². The van der Waals surface area contributed by atoms with E-state index >= 15 is 0 Å². The summed E-state index contributed by atoms with van der Waals surface area (Å²) in [5.41, 5.74) is 3.00. The van der Waals surface area contributed by atoms with Gasteiger partial charge in [-0.2, -0.15) is 8.42 Å². The Kier molecular flexibility index (Phi) is 10.7. The second kappa shape index (κ2) is 13.3. The number of methoxy groups -OCH3 is 1. The number of fused-ring (bicyclic) bond motifs is 1. The molecule has 1 amide bonds. The van der Waals surface area contributed by atoms with Gasteiger partial charge in [0, 0.05) is 17.8 Å². The smallest absolute Gasteiger partial charge is 0.415 e. The van der Waals surface area contributed by atoms with Crippen molar-refractivity contribution >= 4 is 46.9 Å². The van der Waals surface area contributed by atoms with Crippen LogP contribution >= 0.6 is 0 Å². The molecule has 1 fully saturated rings. The van der Waals surface area contributed by atoms with Crippen LogP contribution in [0.5, 0.6) is 5.75 Å². The molecule has 11 heteroatoms. The molecule has 0 saturated heterocycles. The maximum absolute atomic E-state index is 14.1. The molecule has 234 valence electrons. The highest BCUT2D eigenvalue weighted by Gasteiger charge is 2.46. The Balaban J connectivity index is 1.89. The van der Waals surface area contributed by atoms with Crippen LogP contribution in [0.1, 0.15) is 98.4 Å². The summed E-state index contributed by atoms with van der Waals surface area (Å²) in [6.07, 6.45) is 5.80. The number of nitrogens with zero attached hydrogens (tertiary/aromatic N) is 3. The molecular weight excluding hydrogens is 571 g/mol. The topological polar surface area (TPSA) is 108 Å². The fraction of sp³-hybridized carbons (Fsp3) is 0.677. The molecule has 1 saturated carbocycles. The van der Waals surface area contributed by atoms with Gasteiger partial charge in [-0.25, -0.2) is 9.78 Å². The second-order valence-electron chi connectivity index (χ2n) is 13.6. The van der Waals surface area contributed by atoms with Gasteiger partial charge in [0.2, 0.25) is 10.3 Å². The molecule has 1 aliphatic carbocycles. The van der Waals surface area contributed by atoms with E-state index in [4.69, 9.17) is 14.5 Å². The number of Topliss-reactive ketones (excluding diaryl/α,β-unsaturated/α-hetero) is 1. The van der Waals surface area contributed by atoms with Gasteiger partial charge in [-0.05, 0) is 81.3 Å². The molecule has 0 atom stereocenters. The van der Waals surface area contributed by atoms with Crippen molar-refractivity contribution in [2.45, 2.75) is 110 Å². The SMILES string of the molecule is COc1cnc2c(ccn2[Si](C(C)C)(C(C)C)C(C)C)c1C(=O)C1CCC(CN(C=S(=O)=O)C(=O)OC(C)(C)C)CC1. The molecule has 1 aliphatic rings. The molecule has 9 nitrogen and oxygen atoms in total. The van der Waals surface area contributed by atoms with E-state index in [-0.39, 0.29) is 24.2 Å². The van der Waals surface area contributed by atoms with Gasteiger partial charge < -0.3 is 13.7 Å². The lowest BCUT2D eigenvalue weighted by atomic mass is 9.78. The molecule has 0 unspecified atom stereocenters. The zero-order valence-corrected chi connectivity index (χ0v) is 28.7. The van der Waals surface area contributed by atoms with Crippen molar-refractivity contribution in [3.63, 3.8) is 0 Å². The van der Waals surface area contributed by atoms with Crippen LogP contribution in [0.3, 0.4) is 0 Å². The van der Waals surface area contributed by atoms with Gasteiger partial charge in [-0.1, -0.05) is 41.5 Å². The van der Waals surface area contributed by atoms with E-state index in [1.165, 1.54) is 0 Å². The highest BCUT2D eigenvalue weighted by molar-refractivity contribution is 7.71. The minimum absolute atomic E-state index is 0.0524. The van der Waals surface area contributed by atoms with E-state index in [0.29, 0.717) is 53.6 Å². The summed E-state index contributed by atoms with van der Waals surface area (Å²) in [6.45, 7) is 19.3. The minimum Gasteiger partial charge on any atom is -0.494 e. The Bertz CT molecular complexity index is 1390. The lowest BCUT2D eigenvalue weighted by Gasteiger charge is -2.44. The molecule has 42 heavy (non-hydrogen) atoms. The Labute approximate surface area is 253 Å². The molecular formula is C31H49N3O6SSi. The van der Waals surface area contributed by atoms with Crippen LogP contribution in [0.4, 0.5) is 4.79 Å². The van der Waals surface area contributed by atoms with Crippen molar-refractivity contribution in [3.8, 4) is 5.75 Å². The van der Waals surface area contributed by atoms with Gasteiger partial charge in [0.15, 0.2) is 14.0 Å². The van der Waals surface area contributed by atoms with Crippen LogP contribution in [-0.2, 0) is 15.0 Å². The normalized spacial score (nSPS) is 18.0. The van der Waals surface area contributed by atoms with Crippen LogP contribution in [0.15, 0.2) is 18.5 Å². The first-order valence-electron chi connectivity index (χ1n) is 15.1. The Hall–Kier alpha value is -2.66. The first kappa shape index (κ1) is 33.8. The molecule has 0 bridgehead atoms. The van der Waals surface area contributed by atoms with Crippen molar-refractivity contribution < 1.29 is 27.5 Å². The van der Waals surface area contributed by atoms with E-state index in [0.717, 1.165) is 21.4 Å². The van der Waals surface area contributed by atoms with E-state index in [9.17, 15) is 18.0 Å². The monoisotopic (exact) mass is 619 g/mol.